The molecule has 0 aromatic carbocycles. The van der Waals surface area contributed by atoms with Gasteiger partial charge >= 0.3 is 0 Å². The number of aliphatic hydroxyl groups excluding tert-OH is 2. The fourth-order valence-electron chi connectivity index (χ4n) is 2.50. The molecular formula is C26H33Cl2NO3S4. The normalized spacial score (nSPS) is 11.6. The van der Waals surface area contributed by atoms with E-state index in [1.54, 1.807) is 34.0 Å². The molecule has 198 valence electrons. The fourth-order valence-corrected chi connectivity index (χ4v) is 5.52. The van der Waals surface area contributed by atoms with Gasteiger partial charge in [-0.25, -0.2) is 0 Å². The summed E-state index contributed by atoms with van der Waals surface area (Å²) in [4.78, 5) is 13.9. The Morgan fingerprint density at radius 3 is 1.75 bits per heavy atom. The maximum atomic E-state index is 11.0. The summed E-state index contributed by atoms with van der Waals surface area (Å²) in [5.74, 6) is 1.07. The van der Waals surface area contributed by atoms with Gasteiger partial charge in [0, 0.05) is 27.9 Å². The van der Waals surface area contributed by atoms with E-state index in [9.17, 15) is 15.0 Å². The van der Waals surface area contributed by atoms with Crippen molar-refractivity contribution in [3.8, 4) is 0 Å². The Kier molecular flexibility index (Phi) is 20.1. The maximum absolute atomic E-state index is 11.0. The number of carbonyl (C=O) groups excluding carboxylic acids is 1. The molecule has 2 unspecified atom stereocenters. The van der Waals surface area contributed by atoms with E-state index in [2.05, 4.69) is 5.32 Å². The van der Waals surface area contributed by atoms with Gasteiger partial charge in [-0.05, 0) is 71.5 Å². The lowest BCUT2D eigenvalue weighted by Crippen LogP contribution is -2.11. The Bertz CT molecular complexity index is 946. The minimum absolute atomic E-state index is 0.144. The van der Waals surface area contributed by atoms with Crippen molar-refractivity contribution in [3.05, 3.63) is 90.1 Å². The van der Waals surface area contributed by atoms with Crippen LogP contribution in [-0.2, 0) is 0 Å². The molecule has 0 amide bonds. The molecule has 2 atom stereocenters. The summed E-state index contributed by atoms with van der Waals surface area (Å²) in [6.45, 7) is 0.860. The summed E-state index contributed by atoms with van der Waals surface area (Å²) < 4.78 is 0. The number of alkyl halides is 2. The van der Waals surface area contributed by atoms with Crippen molar-refractivity contribution < 1.29 is 15.0 Å². The first-order valence-electron chi connectivity index (χ1n) is 11.3. The zero-order valence-electron chi connectivity index (χ0n) is 20.1. The second-order valence-electron chi connectivity index (χ2n) is 7.06. The Hall–Kier alpha value is -1.07. The number of carbonyl (C=O) groups is 1. The molecule has 10 heteroatoms. The largest absolute Gasteiger partial charge is 0.388 e. The van der Waals surface area contributed by atoms with Gasteiger partial charge in [-0.15, -0.1) is 57.2 Å². The van der Waals surface area contributed by atoms with E-state index in [4.69, 9.17) is 23.2 Å². The third-order valence-corrected chi connectivity index (χ3v) is 8.23. The summed E-state index contributed by atoms with van der Waals surface area (Å²) in [5.41, 5.74) is 0. The van der Waals surface area contributed by atoms with E-state index in [-0.39, 0.29) is 18.0 Å². The standard InChI is InChI=1S/C8H13NOS.C7H9ClOS.C7H7ClOS.C4H4S/c1-9-5-4-7(10)8-3-2-6-11-8;2*8-4-3-6(9)7-2-1-5-10-7;1-2-4-5-3-1/h2-3,6-7,9-10H,4-5H2,1H3;1-2,5-6,9H,3-4H2;1-2,5H,3-4H2;1-4H. The van der Waals surface area contributed by atoms with Gasteiger partial charge in [0.1, 0.15) is 0 Å². The molecule has 4 aromatic heterocycles. The number of Topliss-reactive ketones (excluding diaryl/α,β-unsaturated/α-hetero) is 1. The monoisotopic (exact) mass is 605 g/mol. The van der Waals surface area contributed by atoms with Gasteiger partial charge in [0.05, 0.1) is 17.1 Å². The predicted octanol–water partition coefficient (Wildman–Crippen LogP) is 8.11. The Morgan fingerprint density at radius 2 is 1.36 bits per heavy atom. The molecule has 0 aliphatic heterocycles. The van der Waals surface area contributed by atoms with Crippen LogP contribution in [0.4, 0.5) is 0 Å². The maximum Gasteiger partial charge on any atom is 0.173 e. The van der Waals surface area contributed by atoms with Crippen LogP contribution in [-0.4, -0.2) is 41.3 Å². The second kappa shape index (κ2) is 22.0. The SMILES string of the molecule is CNCCC(O)c1cccs1.O=C(CCCl)c1cccs1.OC(CCCl)c1cccs1.c1ccsc1. The molecule has 4 aromatic rings. The average molecular weight is 607 g/mol. The number of nitrogens with one attached hydrogen (secondary N) is 1. The quantitative estimate of drug-likeness (QED) is 0.126. The zero-order valence-corrected chi connectivity index (χ0v) is 24.9. The van der Waals surface area contributed by atoms with E-state index in [0.717, 1.165) is 27.6 Å². The minimum Gasteiger partial charge on any atom is -0.388 e. The van der Waals surface area contributed by atoms with Crippen molar-refractivity contribution in [1.82, 2.24) is 5.32 Å². The van der Waals surface area contributed by atoms with Gasteiger partial charge in [0.25, 0.3) is 0 Å². The first-order valence-corrected chi connectivity index (χ1v) is 15.9. The van der Waals surface area contributed by atoms with E-state index >= 15 is 0 Å². The lowest BCUT2D eigenvalue weighted by atomic mass is 10.2. The molecule has 0 radical (unpaired) electrons. The Labute approximate surface area is 240 Å². The topological polar surface area (TPSA) is 69.6 Å². The predicted molar refractivity (Wildman–Crippen MR) is 161 cm³/mol. The van der Waals surface area contributed by atoms with Crippen molar-refractivity contribution in [2.75, 3.05) is 25.4 Å². The molecule has 0 saturated carbocycles. The van der Waals surface area contributed by atoms with Crippen LogP contribution < -0.4 is 5.32 Å². The van der Waals surface area contributed by atoms with Crippen molar-refractivity contribution in [1.29, 1.82) is 0 Å². The highest BCUT2D eigenvalue weighted by Gasteiger charge is 2.07. The van der Waals surface area contributed by atoms with Gasteiger partial charge < -0.3 is 15.5 Å². The van der Waals surface area contributed by atoms with Crippen LogP contribution in [0.2, 0.25) is 0 Å². The van der Waals surface area contributed by atoms with Crippen molar-refractivity contribution in [3.63, 3.8) is 0 Å². The van der Waals surface area contributed by atoms with Crippen LogP contribution in [0.15, 0.2) is 75.4 Å². The van der Waals surface area contributed by atoms with Crippen molar-refractivity contribution in [2.45, 2.75) is 31.5 Å². The summed E-state index contributed by atoms with van der Waals surface area (Å²) in [7, 11) is 1.89. The number of thiophene rings is 4. The number of rotatable bonds is 10. The number of aliphatic hydroxyl groups is 2. The van der Waals surface area contributed by atoms with Crippen LogP contribution >= 0.6 is 68.5 Å². The molecular weight excluding hydrogens is 573 g/mol. The Balaban J connectivity index is 0.000000247. The number of ketones is 1. The molecule has 4 heterocycles. The van der Waals surface area contributed by atoms with Crippen LogP contribution in [0.3, 0.4) is 0 Å². The van der Waals surface area contributed by atoms with E-state index < -0.39 is 0 Å². The van der Waals surface area contributed by atoms with Crippen molar-refractivity contribution in [2.24, 2.45) is 0 Å². The molecule has 0 aliphatic carbocycles. The molecule has 0 aliphatic rings. The van der Waals surface area contributed by atoms with E-state index in [0.29, 0.717) is 24.6 Å². The number of hydrogen-bond donors (Lipinski definition) is 3. The van der Waals surface area contributed by atoms with E-state index in [1.165, 1.54) is 11.3 Å². The van der Waals surface area contributed by atoms with Gasteiger partial charge in [0.2, 0.25) is 0 Å². The first-order chi connectivity index (χ1) is 17.5. The molecule has 0 saturated heterocycles. The zero-order chi connectivity index (χ0) is 26.4. The molecule has 3 N–H and O–H groups in total. The smallest absolute Gasteiger partial charge is 0.173 e. The summed E-state index contributed by atoms with van der Waals surface area (Å²) >= 11 is 17.2. The van der Waals surface area contributed by atoms with E-state index in [1.807, 2.05) is 82.5 Å². The third kappa shape index (κ3) is 15.2. The molecule has 4 rings (SSSR count). The summed E-state index contributed by atoms with van der Waals surface area (Å²) in [6, 6.07) is 15.5. The van der Waals surface area contributed by atoms with Crippen LogP contribution in [0.5, 0.6) is 0 Å². The highest BCUT2D eigenvalue weighted by molar-refractivity contribution is 7.12. The highest BCUT2D eigenvalue weighted by Crippen LogP contribution is 2.22. The molecule has 0 fully saturated rings. The molecule has 36 heavy (non-hydrogen) atoms. The highest BCUT2D eigenvalue weighted by atomic mass is 35.5. The number of halogens is 2. The molecule has 4 nitrogen and oxygen atoms in total. The lowest BCUT2D eigenvalue weighted by molar-refractivity contribution is 0.0993. The van der Waals surface area contributed by atoms with Gasteiger partial charge in [0.15, 0.2) is 5.78 Å². The van der Waals surface area contributed by atoms with Gasteiger partial charge in [-0.3, -0.25) is 4.79 Å². The molecule has 0 spiro atoms. The van der Waals surface area contributed by atoms with Crippen LogP contribution in [0.25, 0.3) is 0 Å². The fraction of sp³-hybridized carbons (Fsp3) is 0.346. The minimum atomic E-state index is -0.363. The second-order valence-corrected chi connectivity index (χ2v) is 11.5. The van der Waals surface area contributed by atoms with Crippen molar-refractivity contribution >= 4 is 74.3 Å². The summed E-state index contributed by atoms with van der Waals surface area (Å²) in [6.07, 6.45) is 1.22. The summed E-state index contributed by atoms with van der Waals surface area (Å²) in [5, 5.41) is 31.8. The van der Waals surface area contributed by atoms with Crippen LogP contribution in [0, 0.1) is 0 Å². The van der Waals surface area contributed by atoms with Gasteiger partial charge in [-0.1, -0.05) is 30.3 Å². The third-order valence-electron chi connectivity index (χ3n) is 4.34. The first kappa shape index (κ1) is 33.0. The number of hydrogen-bond acceptors (Lipinski definition) is 8. The van der Waals surface area contributed by atoms with Gasteiger partial charge in [-0.2, -0.15) is 11.3 Å². The molecule has 0 bridgehead atoms. The lowest BCUT2D eigenvalue weighted by Gasteiger charge is -2.06. The van der Waals surface area contributed by atoms with Crippen LogP contribution in [0.1, 0.15) is 50.9 Å². The average Bonchev–Trinajstić information content (AvgIpc) is 3.71. The Morgan fingerprint density at radius 1 is 0.806 bits per heavy atom.